The van der Waals surface area contributed by atoms with Crippen LogP contribution in [0.15, 0.2) is 89.6 Å². The fourth-order valence-electron chi connectivity index (χ4n) is 3.44. The lowest BCUT2D eigenvalue weighted by atomic mass is 10.1. The highest BCUT2D eigenvalue weighted by Gasteiger charge is 2.18. The van der Waals surface area contributed by atoms with Crippen molar-refractivity contribution in [3.8, 4) is 11.3 Å². The average molecular weight is 477 g/mol. The van der Waals surface area contributed by atoms with E-state index in [-0.39, 0.29) is 5.82 Å². The van der Waals surface area contributed by atoms with Gasteiger partial charge in [-0.25, -0.2) is 4.57 Å². The maximum atomic E-state index is 10.9. The zero-order chi connectivity index (χ0) is 24.0. The van der Waals surface area contributed by atoms with E-state index in [9.17, 15) is 9.46 Å². The predicted molar refractivity (Wildman–Crippen MR) is 126 cm³/mol. The van der Waals surface area contributed by atoms with Gasteiger partial charge in [-0.15, -0.1) is 0 Å². The summed E-state index contributed by atoms with van der Waals surface area (Å²) >= 11 is 0. The zero-order valence-electron chi connectivity index (χ0n) is 18.3. The van der Waals surface area contributed by atoms with Crippen LogP contribution in [0.25, 0.3) is 17.4 Å². The minimum atomic E-state index is -4.86. The Morgan fingerprint density at radius 3 is 2.59 bits per heavy atom. The molecule has 4 rings (SSSR count). The molecule has 1 atom stereocenters. The van der Waals surface area contributed by atoms with Crippen LogP contribution in [0.3, 0.4) is 0 Å². The summed E-state index contributed by atoms with van der Waals surface area (Å²) in [7, 11) is -4.86. The van der Waals surface area contributed by atoms with E-state index in [1.54, 1.807) is 18.2 Å². The Labute approximate surface area is 197 Å². The molecule has 1 unspecified atom stereocenters. The molecular formula is C25H24N3O5P. The molecule has 0 aliphatic heterocycles. The monoisotopic (exact) mass is 477 g/mol. The number of benzene rings is 2. The number of anilines is 1. The van der Waals surface area contributed by atoms with Crippen molar-refractivity contribution in [2.24, 2.45) is 0 Å². The Kier molecular flexibility index (Phi) is 7.35. The fraction of sp³-hybridized carbons (Fsp3) is 0.120. The third-order valence-electron chi connectivity index (χ3n) is 5.17. The van der Waals surface area contributed by atoms with Gasteiger partial charge in [0.2, 0.25) is 0 Å². The maximum Gasteiger partial charge on any atom is 0.285 e. The SMILES string of the molecule is Nc1c(-c2cc(Cc3ccc(/C=C/Cc4ccccc4)cc3)no2)ccc[n+]1COP(=O)([O-])O. The minimum Gasteiger partial charge on any atom is -0.756 e. The van der Waals surface area contributed by atoms with Crippen molar-refractivity contribution in [2.75, 3.05) is 5.73 Å². The first-order valence-corrected chi connectivity index (χ1v) is 12.1. The van der Waals surface area contributed by atoms with Crippen LogP contribution in [0.2, 0.25) is 0 Å². The number of phosphoric acid groups is 1. The molecule has 0 saturated heterocycles. The van der Waals surface area contributed by atoms with Gasteiger partial charge in [0.05, 0.1) is 11.9 Å². The summed E-state index contributed by atoms with van der Waals surface area (Å²) in [4.78, 5) is 19.7. The number of aromatic nitrogens is 2. The van der Waals surface area contributed by atoms with Crippen LogP contribution in [0.4, 0.5) is 5.82 Å². The Balaban J connectivity index is 1.40. The van der Waals surface area contributed by atoms with E-state index < -0.39 is 14.6 Å². The second-order valence-corrected chi connectivity index (χ2v) is 8.89. The summed E-state index contributed by atoms with van der Waals surface area (Å²) in [5, 5.41) is 4.13. The molecule has 2 heterocycles. The van der Waals surface area contributed by atoms with Gasteiger partial charge in [0.15, 0.2) is 12.5 Å². The first-order valence-electron chi connectivity index (χ1n) is 10.6. The quantitative estimate of drug-likeness (QED) is 0.279. The number of pyridine rings is 1. The van der Waals surface area contributed by atoms with Gasteiger partial charge < -0.3 is 14.3 Å². The molecular weight excluding hydrogens is 453 g/mol. The number of phosphoric ester groups is 1. The molecule has 4 aromatic rings. The standard InChI is InChI=1S/C25H24N3O5P/c26-25-23(10-5-15-28(25)18-32-34(29,30)31)24-17-22(27-33-24)16-21-13-11-20(12-14-21)9-4-8-19-6-2-1-3-7-19/h1-7,9-15,17,26H,8,16,18H2,(H2,29,30,31)/b9-4+. The lowest BCUT2D eigenvalue weighted by Gasteiger charge is -2.14. The second kappa shape index (κ2) is 10.6. The molecule has 0 fully saturated rings. The smallest absolute Gasteiger partial charge is 0.285 e. The Hall–Kier alpha value is -3.55. The van der Waals surface area contributed by atoms with Gasteiger partial charge in [-0.05, 0) is 35.2 Å². The molecule has 9 heteroatoms. The van der Waals surface area contributed by atoms with Crippen LogP contribution in [-0.4, -0.2) is 10.1 Å². The number of nitrogens with zero attached hydrogens (tertiary/aromatic N) is 2. The van der Waals surface area contributed by atoms with E-state index in [1.807, 2.05) is 18.2 Å². The van der Waals surface area contributed by atoms with Crippen molar-refractivity contribution in [3.05, 3.63) is 107 Å². The van der Waals surface area contributed by atoms with Crippen LogP contribution in [0, 0.1) is 0 Å². The molecule has 0 amide bonds. The highest BCUT2D eigenvalue weighted by Crippen LogP contribution is 2.30. The van der Waals surface area contributed by atoms with Crippen molar-refractivity contribution in [1.29, 1.82) is 0 Å². The van der Waals surface area contributed by atoms with E-state index in [2.05, 4.69) is 58.2 Å². The van der Waals surface area contributed by atoms with Gasteiger partial charge in [-0.2, -0.15) is 0 Å². The lowest BCUT2D eigenvalue weighted by Crippen LogP contribution is -2.38. The first kappa shape index (κ1) is 23.6. The van der Waals surface area contributed by atoms with Crippen LogP contribution in [0.5, 0.6) is 0 Å². The zero-order valence-corrected chi connectivity index (χ0v) is 19.2. The Bertz CT molecular complexity index is 1310. The highest BCUT2D eigenvalue weighted by atomic mass is 31.2. The normalized spacial score (nSPS) is 13.2. The molecule has 0 aliphatic rings. The van der Waals surface area contributed by atoms with Gasteiger partial charge in [0.25, 0.3) is 13.6 Å². The lowest BCUT2D eigenvalue weighted by molar-refractivity contribution is -0.712. The fourth-order valence-corrected chi connectivity index (χ4v) is 3.71. The van der Waals surface area contributed by atoms with Crippen molar-refractivity contribution in [3.63, 3.8) is 0 Å². The molecule has 2 aromatic heterocycles. The summed E-state index contributed by atoms with van der Waals surface area (Å²) < 4.78 is 22.1. The minimum absolute atomic E-state index is 0.213. The van der Waals surface area contributed by atoms with Gasteiger partial charge in [-0.1, -0.05) is 71.9 Å². The number of allylic oxidation sites excluding steroid dienone is 1. The summed E-state index contributed by atoms with van der Waals surface area (Å²) in [5.74, 6) is 0.655. The van der Waals surface area contributed by atoms with Gasteiger partial charge in [-0.3, -0.25) is 14.8 Å². The van der Waals surface area contributed by atoms with Gasteiger partial charge in [0, 0.05) is 12.5 Å². The molecule has 8 nitrogen and oxygen atoms in total. The van der Waals surface area contributed by atoms with Crippen molar-refractivity contribution >= 4 is 19.7 Å². The molecule has 174 valence electrons. The Morgan fingerprint density at radius 2 is 1.85 bits per heavy atom. The highest BCUT2D eigenvalue weighted by molar-refractivity contribution is 7.44. The number of nitrogens with two attached hydrogens (primary N) is 1. The van der Waals surface area contributed by atoms with Crippen LogP contribution in [-0.2, 0) is 28.7 Å². The number of nitrogen functional groups attached to an aromatic ring is 1. The van der Waals surface area contributed by atoms with Crippen LogP contribution in [0.1, 0.15) is 22.4 Å². The molecule has 2 aromatic carbocycles. The van der Waals surface area contributed by atoms with E-state index in [0.29, 0.717) is 17.7 Å². The molecule has 0 spiro atoms. The van der Waals surface area contributed by atoms with Gasteiger partial charge in [0.1, 0.15) is 5.56 Å². The summed E-state index contributed by atoms with van der Waals surface area (Å²) in [5.41, 5.74) is 10.8. The Morgan fingerprint density at radius 1 is 1.09 bits per heavy atom. The number of hydrogen-bond acceptors (Lipinski definition) is 6. The van der Waals surface area contributed by atoms with Crippen LogP contribution < -0.4 is 15.2 Å². The molecule has 0 radical (unpaired) electrons. The van der Waals surface area contributed by atoms with E-state index >= 15 is 0 Å². The van der Waals surface area contributed by atoms with Gasteiger partial charge >= 0.3 is 0 Å². The predicted octanol–water partition coefficient (Wildman–Crippen LogP) is 3.49. The van der Waals surface area contributed by atoms with Crippen molar-refractivity contribution < 1.29 is 28.0 Å². The first-order chi connectivity index (χ1) is 16.4. The summed E-state index contributed by atoms with van der Waals surface area (Å²) in [6, 6.07) is 23.7. The van der Waals surface area contributed by atoms with E-state index in [0.717, 1.165) is 23.2 Å². The molecule has 3 N–H and O–H groups in total. The van der Waals surface area contributed by atoms with Crippen molar-refractivity contribution in [2.45, 2.75) is 19.6 Å². The molecule has 34 heavy (non-hydrogen) atoms. The second-order valence-electron chi connectivity index (χ2n) is 7.70. The number of hydrogen-bond donors (Lipinski definition) is 2. The maximum absolute atomic E-state index is 10.9. The third kappa shape index (κ3) is 6.50. The average Bonchev–Trinajstić information content (AvgIpc) is 3.28. The summed E-state index contributed by atoms with van der Waals surface area (Å²) in [6.07, 6.45) is 7.24. The third-order valence-corrected chi connectivity index (χ3v) is 5.61. The molecule has 0 aliphatic carbocycles. The molecule has 0 saturated carbocycles. The topological polar surface area (TPSA) is 126 Å². The number of rotatable bonds is 9. The largest absolute Gasteiger partial charge is 0.756 e. The van der Waals surface area contributed by atoms with E-state index in [1.165, 1.54) is 16.3 Å². The molecule has 0 bridgehead atoms. The summed E-state index contributed by atoms with van der Waals surface area (Å²) in [6.45, 7) is -0.454. The van der Waals surface area contributed by atoms with E-state index in [4.69, 9.17) is 15.2 Å². The van der Waals surface area contributed by atoms with Crippen molar-refractivity contribution in [1.82, 2.24) is 5.16 Å². The van der Waals surface area contributed by atoms with Crippen LogP contribution >= 0.6 is 7.82 Å².